The Morgan fingerprint density at radius 2 is 2.30 bits per heavy atom. The monoisotopic (exact) mass is 281 g/mol. The molecule has 0 aromatic carbocycles. The molecule has 0 saturated carbocycles. The van der Waals surface area contributed by atoms with Crippen LogP contribution in [-0.2, 0) is 16.6 Å². The van der Waals surface area contributed by atoms with Crippen LogP contribution in [0.2, 0.25) is 0 Å². The van der Waals surface area contributed by atoms with Crippen LogP contribution in [0.1, 0.15) is 12.8 Å². The summed E-state index contributed by atoms with van der Waals surface area (Å²) in [6.45, 7) is 1.39. The van der Waals surface area contributed by atoms with Crippen molar-refractivity contribution in [1.29, 1.82) is 0 Å². The number of nitrogens with zero attached hydrogens (tertiary/aromatic N) is 2. The van der Waals surface area contributed by atoms with Gasteiger partial charge in [-0.05, 0) is 18.8 Å². The van der Waals surface area contributed by atoms with E-state index in [1.807, 2.05) is 0 Å². The molecule has 2 heterocycles. The highest BCUT2D eigenvalue weighted by molar-refractivity contribution is 5.71. The lowest BCUT2D eigenvalue weighted by Crippen LogP contribution is -2.35. The second-order valence-electron chi connectivity index (χ2n) is 4.97. The molecule has 0 aliphatic carbocycles. The Bertz CT molecular complexity index is 523. The normalized spacial score (nSPS) is 17.6. The SMILES string of the molecule is Cn1ccnc(NCC(C(=O)O)C2CCOCC2)c1=O. The summed E-state index contributed by atoms with van der Waals surface area (Å²) in [6.07, 6.45) is 4.53. The van der Waals surface area contributed by atoms with Crippen LogP contribution in [0.5, 0.6) is 0 Å². The van der Waals surface area contributed by atoms with Gasteiger partial charge in [0.15, 0.2) is 5.82 Å². The Balaban J connectivity index is 2.03. The van der Waals surface area contributed by atoms with E-state index in [0.29, 0.717) is 13.2 Å². The number of hydrogen-bond donors (Lipinski definition) is 2. The molecule has 2 N–H and O–H groups in total. The lowest BCUT2D eigenvalue weighted by Gasteiger charge is -2.27. The van der Waals surface area contributed by atoms with Gasteiger partial charge in [-0.25, -0.2) is 4.98 Å². The topological polar surface area (TPSA) is 93.5 Å². The molecule has 0 amide bonds. The van der Waals surface area contributed by atoms with Gasteiger partial charge in [-0.1, -0.05) is 0 Å². The number of carboxylic acids is 1. The molecule has 1 aromatic rings. The summed E-state index contributed by atoms with van der Waals surface area (Å²) >= 11 is 0. The zero-order valence-electron chi connectivity index (χ0n) is 11.4. The van der Waals surface area contributed by atoms with E-state index in [1.165, 1.54) is 10.8 Å². The van der Waals surface area contributed by atoms with Crippen LogP contribution in [0, 0.1) is 11.8 Å². The summed E-state index contributed by atoms with van der Waals surface area (Å²) in [4.78, 5) is 27.1. The van der Waals surface area contributed by atoms with Crippen LogP contribution in [0.4, 0.5) is 5.82 Å². The van der Waals surface area contributed by atoms with Gasteiger partial charge >= 0.3 is 5.97 Å². The van der Waals surface area contributed by atoms with Crippen molar-refractivity contribution in [1.82, 2.24) is 9.55 Å². The minimum absolute atomic E-state index is 0.0707. The maximum absolute atomic E-state index is 11.8. The summed E-state index contributed by atoms with van der Waals surface area (Å²) in [5.41, 5.74) is -0.261. The van der Waals surface area contributed by atoms with Crippen LogP contribution < -0.4 is 10.9 Å². The van der Waals surface area contributed by atoms with Gasteiger partial charge in [0.2, 0.25) is 0 Å². The molecule has 110 valence electrons. The van der Waals surface area contributed by atoms with E-state index in [0.717, 1.165) is 12.8 Å². The van der Waals surface area contributed by atoms with Crippen LogP contribution in [0.15, 0.2) is 17.2 Å². The maximum Gasteiger partial charge on any atom is 0.308 e. The molecular formula is C13H19N3O4. The van der Waals surface area contributed by atoms with Crippen LogP contribution in [-0.4, -0.2) is 40.4 Å². The van der Waals surface area contributed by atoms with Crippen molar-refractivity contribution < 1.29 is 14.6 Å². The van der Waals surface area contributed by atoms with Gasteiger partial charge in [0.05, 0.1) is 5.92 Å². The first kappa shape index (κ1) is 14.5. The molecule has 1 aliphatic heterocycles. The summed E-state index contributed by atoms with van der Waals surface area (Å²) in [5, 5.41) is 12.2. The summed E-state index contributed by atoms with van der Waals surface area (Å²) in [6, 6.07) is 0. The zero-order chi connectivity index (χ0) is 14.5. The molecule has 1 unspecified atom stereocenters. The molecule has 0 radical (unpaired) electrons. The molecule has 1 aliphatic rings. The average molecular weight is 281 g/mol. The molecule has 0 spiro atoms. The van der Waals surface area contributed by atoms with Crippen LogP contribution >= 0.6 is 0 Å². The number of aryl methyl sites for hydroxylation is 1. The second kappa shape index (κ2) is 6.51. The largest absolute Gasteiger partial charge is 0.481 e. The highest BCUT2D eigenvalue weighted by atomic mass is 16.5. The van der Waals surface area contributed by atoms with Crippen LogP contribution in [0.25, 0.3) is 0 Å². The Morgan fingerprint density at radius 1 is 1.60 bits per heavy atom. The Morgan fingerprint density at radius 3 is 2.95 bits per heavy atom. The van der Waals surface area contributed by atoms with E-state index in [4.69, 9.17) is 4.74 Å². The van der Waals surface area contributed by atoms with E-state index in [9.17, 15) is 14.7 Å². The first-order valence-corrected chi connectivity index (χ1v) is 6.65. The lowest BCUT2D eigenvalue weighted by molar-refractivity contribution is -0.144. The predicted octanol–water partition coefficient (Wildman–Crippen LogP) is 0.320. The molecular weight excluding hydrogens is 262 g/mol. The van der Waals surface area contributed by atoms with Gasteiger partial charge in [0, 0.05) is 39.2 Å². The number of ether oxygens (including phenoxy) is 1. The van der Waals surface area contributed by atoms with E-state index < -0.39 is 11.9 Å². The summed E-state index contributed by atoms with van der Waals surface area (Å²) in [7, 11) is 1.63. The van der Waals surface area contributed by atoms with Crippen molar-refractivity contribution in [3.8, 4) is 0 Å². The molecule has 20 heavy (non-hydrogen) atoms. The first-order valence-electron chi connectivity index (χ1n) is 6.65. The van der Waals surface area contributed by atoms with Crippen molar-refractivity contribution >= 4 is 11.8 Å². The number of carboxylic acid groups (broad SMARTS) is 1. The average Bonchev–Trinajstić information content (AvgIpc) is 2.44. The maximum atomic E-state index is 11.8. The number of rotatable bonds is 5. The second-order valence-corrected chi connectivity index (χ2v) is 4.97. The fourth-order valence-electron chi connectivity index (χ4n) is 2.40. The molecule has 1 saturated heterocycles. The Labute approximate surface area is 116 Å². The first-order chi connectivity index (χ1) is 9.59. The minimum Gasteiger partial charge on any atom is -0.481 e. The number of anilines is 1. The summed E-state index contributed by atoms with van der Waals surface area (Å²) in [5.74, 6) is -1.13. The number of aromatic nitrogens is 2. The Hall–Kier alpha value is -1.89. The molecule has 1 fully saturated rings. The van der Waals surface area contributed by atoms with E-state index in [1.54, 1.807) is 13.2 Å². The molecule has 2 rings (SSSR count). The van der Waals surface area contributed by atoms with Gasteiger partial charge in [0.1, 0.15) is 0 Å². The third kappa shape index (κ3) is 3.36. The van der Waals surface area contributed by atoms with E-state index in [2.05, 4.69) is 10.3 Å². The number of nitrogens with one attached hydrogen (secondary N) is 1. The van der Waals surface area contributed by atoms with Gasteiger partial charge in [-0.2, -0.15) is 0 Å². The van der Waals surface area contributed by atoms with Gasteiger partial charge in [-0.3, -0.25) is 9.59 Å². The van der Waals surface area contributed by atoms with Crippen molar-refractivity contribution in [3.63, 3.8) is 0 Å². The third-order valence-corrected chi connectivity index (χ3v) is 3.66. The zero-order valence-corrected chi connectivity index (χ0v) is 11.4. The van der Waals surface area contributed by atoms with Crippen LogP contribution in [0.3, 0.4) is 0 Å². The fourth-order valence-corrected chi connectivity index (χ4v) is 2.40. The fraction of sp³-hybridized carbons (Fsp3) is 0.615. The highest BCUT2D eigenvalue weighted by Gasteiger charge is 2.29. The standard InChI is InChI=1S/C13H19N3O4/c1-16-5-4-14-11(12(16)17)15-8-10(13(18)19)9-2-6-20-7-3-9/h4-5,9-10H,2-3,6-8H2,1H3,(H,14,15)(H,18,19). The van der Waals surface area contributed by atoms with Crippen molar-refractivity contribution in [2.24, 2.45) is 18.9 Å². The molecule has 1 atom stereocenters. The smallest absolute Gasteiger partial charge is 0.308 e. The molecule has 0 bridgehead atoms. The van der Waals surface area contributed by atoms with Crippen molar-refractivity contribution in [2.75, 3.05) is 25.1 Å². The highest BCUT2D eigenvalue weighted by Crippen LogP contribution is 2.24. The van der Waals surface area contributed by atoms with E-state index >= 15 is 0 Å². The number of hydrogen-bond acceptors (Lipinski definition) is 5. The Kier molecular flexibility index (Phi) is 4.73. The van der Waals surface area contributed by atoms with Gasteiger partial charge < -0.3 is 19.7 Å². The van der Waals surface area contributed by atoms with Crippen molar-refractivity contribution in [2.45, 2.75) is 12.8 Å². The quantitative estimate of drug-likeness (QED) is 0.807. The van der Waals surface area contributed by atoms with Crippen molar-refractivity contribution in [3.05, 3.63) is 22.7 Å². The molecule has 7 nitrogen and oxygen atoms in total. The van der Waals surface area contributed by atoms with E-state index in [-0.39, 0.29) is 23.8 Å². The minimum atomic E-state index is -0.850. The molecule has 7 heteroatoms. The predicted molar refractivity (Wildman–Crippen MR) is 72.6 cm³/mol. The molecule has 1 aromatic heterocycles. The number of aliphatic carboxylic acids is 1. The van der Waals surface area contributed by atoms with Gasteiger partial charge in [0.25, 0.3) is 5.56 Å². The number of carbonyl (C=O) groups is 1. The van der Waals surface area contributed by atoms with Gasteiger partial charge in [-0.15, -0.1) is 0 Å². The third-order valence-electron chi connectivity index (χ3n) is 3.66. The lowest BCUT2D eigenvalue weighted by atomic mass is 9.86. The summed E-state index contributed by atoms with van der Waals surface area (Å²) < 4.78 is 6.65.